The van der Waals surface area contributed by atoms with Crippen LogP contribution in [0, 0.1) is 0 Å². The molecule has 4 rings (SSSR count). The SMILES string of the molecule is COc1ccc(OC)c(N2C(=NC(=O)[C@@H]3CCCO3)S[C@@H]3CS(=O)(=O)C[C@H]32)c1. The van der Waals surface area contributed by atoms with Gasteiger partial charge in [-0.25, -0.2) is 8.42 Å². The van der Waals surface area contributed by atoms with E-state index in [1.54, 1.807) is 32.4 Å². The Morgan fingerprint density at radius 3 is 2.79 bits per heavy atom. The fourth-order valence-corrected chi connectivity index (χ4v) is 7.68. The summed E-state index contributed by atoms with van der Waals surface area (Å²) >= 11 is 1.33. The van der Waals surface area contributed by atoms with Gasteiger partial charge in [-0.05, 0) is 25.0 Å². The molecule has 3 heterocycles. The molecule has 0 unspecified atom stereocenters. The molecule has 0 aromatic heterocycles. The number of carbonyl (C=O) groups is 1. The van der Waals surface area contributed by atoms with Crippen molar-refractivity contribution in [3.05, 3.63) is 18.2 Å². The molecule has 0 aliphatic carbocycles. The van der Waals surface area contributed by atoms with Crippen molar-refractivity contribution in [1.29, 1.82) is 0 Å². The van der Waals surface area contributed by atoms with Gasteiger partial charge in [0.05, 0.1) is 37.5 Å². The van der Waals surface area contributed by atoms with E-state index >= 15 is 0 Å². The zero-order chi connectivity index (χ0) is 19.9. The van der Waals surface area contributed by atoms with Crippen molar-refractivity contribution < 1.29 is 27.4 Å². The molecule has 0 bridgehead atoms. The van der Waals surface area contributed by atoms with E-state index < -0.39 is 15.9 Å². The molecule has 0 saturated carbocycles. The van der Waals surface area contributed by atoms with Crippen LogP contribution in [0.1, 0.15) is 12.8 Å². The van der Waals surface area contributed by atoms with E-state index in [1.807, 2.05) is 4.90 Å². The zero-order valence-electron chi connectivity index (χ0n) is 15.7. The highest BCUT2D eigenvalue weighted by atomic mass is 32.2. The number of hydrogen-bond acceptors (Lipinski definition) is 7. The Labute approximate surface area is 168 Å². The van der Waals surface area contributed by atoms with Crippen LogP contribution in [0.25, 0.3) is 0 Å². The minimum Gasteiger partial charge on any atom is -0.497 e. The van der Waals surface area contributed by atoms with Gasteiger partial charge in [-0.3, -0.25) is 4.79 Å². The molecule has 1 amide bonds. The molecule has 0 spiro atoms. The molecule has 3 fully saturated rings. The summed E-state index contributed by atoms with van der Waals surface area (Å²) < 4.78 is 40.7. The number of sulfone groups is 1. The largest absolute Gasteiger partial charge is 0.497 e. The van der Waals surface area contributed by atoms with Crippen LogP contribution in [0.15, 0.2) is 23.2 Å². The molecular formula is C18H22N2O6S2. The number of amidine groups is 1. The Hall–Kier alpha value is -1.78. The lowest BCUT2D eigenvalue weighted by atomic mass is 10.2. The third-order valence-electron chi connectivity index (χ3n) is 5.12. The van der Waals surface area contributed by atoms with Gasteiger partial charge < -0.3 is 19.1 Å². The number of ether oxygens (including phenoxy) is 3. The number of methoxy groups -OCH3 is 2. The molecule has 3 aliphatic heterocycles. The topological polar surface area (TPSA) is 94.5 Å². The number of fused-ring (bicyclic) bond motifs is 1. The molecule has 28 heavy (non-hydrogen) atoms. The first-order valence-electron chi connectivity index (χ1n) is 9.04. The van der Waals surface area contributed by atoms with Crippen LogP contribution >= 0.6 is 11.8 Å². The Balaban J connectivity index is 1.76. The zero-order valence-corrected chi connectivity index (χ0v) is 17.3. The first-order valence-corrected chi connectivity index (χ1v) is 11.7. The van der Waals surface area contributed by atoms with Crippen molar-refractivity contribution in [2.75, 3.05) is 37.2 Å². The normalized spacial score (nSPS) is 29.9. The summed E-state index contributed by atoms with van der Waals surface area (Å²) in [5.74, 6) is 0.921. The molecular weight excluding hydrogens is 404 g/mol. The third kappa shape index (κ3) is 3.60. The summed E-state index contributed by atoms with van der Waals surface area (Å²) in [6.45, 7) is 0.561. The molecule has 3 saturated heterocycles. The maximum absolute atomic E-state index is 12.6. The van der Waals surface area contributed by atoms with Gasteiger partial charge in [0, 0.05) is 17.9 Å². The number of rotatable bonds is 4. The molecule has 10 heteroatoms. The fourth-order valence-electron chi connectivity index (χ4n) is 3.77. The second kappa shape index (κ2) is 7.57. The lowest BCUT2D eigenvalue weighted by Gasteiger charge is -2.26. The molecule has 1 aromatic rings. The average molecular weight is 427 g/mol. The van der Waals surface area contributed by atoms with Gasteiger partial charge in [0.2, 0.25) is 0 Å². The number of thioether (sulfide) groups is 1. The standard InChI is InChI=1S/C18H22N2O6S2/c1-24-11-5-6-14(25-2)12(8-11)20-13-9-28(22,23)10-16(13)27-18(20)19-17(21)15-4-3-7-26-15/h5-6,8,13,15-16H,3-4,7,9-10H2,1-2H3/t13-,15+,16-/m1/s1. The van der Waals surface area contributed by atoms with Gasteiger partial charge in [0.25, 0.3) is 5.91 Å². The van der Waals surface area contributed by atoms with E-state index in [9.17, 15) is 13.2 Å². The second-order valence-corrected chi connectivity index (χ2v) is 10.3. The van der Waals surface area contributed by atoms with Crippen molar-refractivity contribution in [3.8, 4) is 11.5 Å². The van der Waals surface area contributed by atoms with Crippen LogP contribution in [0.5, 0.6) is 11.5 Å². The number of nitrogens with zero attached hydrogens (tertiary/aromatic N) is 2. The van der Waals surface area contributed by atoms with E-state index in [0.29, 0.717) is 35.4 Å². The number of amides is 1. The number of aliphatic imine (C=N–C) groups is 1. The quantitative estimate of drug-likeness (QED) is 0.715. The van der Waals surface area contributed by atoms with Crippen LogP contribution in [0.2, 0.25) is 0 Å². The van der Waals surface area contributed by atoms with Gasteiger partial charge in [-0.2, -0.15) is 4.99 Å². The average Bonchev–Trinajstić information content (AvgIpc) is 3.36. The van der Waals surface area contributed by atoms with Gasteiger partial charge >= 0.3 is 0 Å². The van der Waals surface area contributed by atoms with Gasteiger partial charge in [0.15, 0.2) is 15.0 Å². The predicted octanol–water partition coefficient (Wildman–Crippen LogP) is 1.48. The first kappa shape index (κ1) is 19.5. The predicted molar refractivity (Wildman–Crippen MR) is 107 cm³/mol. The molecule has 3 atom stereocenters. The minimum absolute atomic E-state index is 0.0121. The van der Waals surface area contributed by atoms with Crippen LogP contribution in [-0.2, 0) is 19.4 Å². The molecule has 152 valence electrons. The van der Waals surface area contributed by atoms with E-state index in [0.717, 1.165) is 6.42 Å². The Kier molecular flexibility index (Phi) is 5.28. The second-order valence-electron chi connectivity index (χ2n) is 6.94. The van der Waals surface area contributed by atoms with Crippen LogP contribution in [0.4, 0.5) is 5.69 Å². The lowest BCUT2D eigenvalue weighted by Crippen LogP contribution is -2.38. The van der Waals surface area contributed by atoms with Crippen molar-refractivity contribution in [1.82, 2.24) is 0 Å². The Morgan fingerprint density at radius 2 is 2.11 bits per heavy atom. The van der Waals surface area contributed by atoms with Gasteiger partial charge in [-0.1, -0.05) is 11.8 Å². The van der Waals surface area contributed by atoms with Gasteiger partial charge in [-0.15, -0.1) is 0 Å². The fraction of sp³-hybridized carbons (Fsp3) is 0.556. The van der Waals surface area contributed by atoms with Crippen molar-refractivity contribution in [2.24, 2.45) is 4.99 Å². The third-order valence-corrected chi connectivity index (χ3v) is 8.33. The van der Waals surface area contributed by atoms with Crippen LogP contribution in [-0.4, -0.2) is 69.2 Å². The summed E-state index contributed by atoms with van der Waals surface area (Å²) in [6, 6.07) is 4.99. The molecule has 3 aliphatic rings. The molecule has 0 N–H and O–H groups in total. The maximum atomic E-state index is 12.6. The van der Waals surface area contributed by atoms with E-state index in [4.69, 9.17) is 14.2 Å². The summed E-state index contributed by atoms with van der Waals surface area (Å²) in [6.07, 6.45) is 0.973. The lowest BCUT2D eigenvalue weighted by molar-refractivity contribution is -0.126. The summed E-state index contributed by atoms with van der Waals surface area (Å²) in [7, 11) is -0.0424. The highest BCUT2D eigenvalue weighted by Crippen LogP contribution is 2.45. The maximum Gasteiger partial charge on any atom is 0.277 e. The van der Waals surface area contributed by atoms with E-state index in [1.165, 1.54) is 11.8 Å². The monoisotopic (exact) mass is 426 g/mol. The van der Waals surface area contributed by atoms with Crippen molar-refractivity contribution in [2.45, 2.75) is 30.2 Å². The highest BCUT2D eigenvalue weighted by Gasteiger charge is 2.50. The summed E-state index contributed by atoms with van der Waals surface area (Å²) in [4.78, 5) is 18.7. The van der Waals surface area contributed by atoms with Gasteiger partial charge in [0.1, 0.15) is 17.6 Å². The first-order chi connectivity index (χ1) is 13.4. The van der Waals surface area contributed by atoms with E-state index in [-0.39, 0.29) is 28.7 Å². The number of hydrogen-bond donors (Lipinski definition) is 0. The van der Waals surface area contributed by atoms with Crippen LogP contribution < -0.4 is 14.4 Å². The smallest absolute Gasteiger partial charge is 0.277 e. The molecule has 1 aromatic carbocycles. The van der Waals surface area contributed by atoms with Crippen molar-refractivity contribution >= 4 is 38.4 Å². The molecule has 0 radical (unpaired) electrons. The van der Waals surface area contributed by atoms with E-state index in [2.05, 4.69) is 4.99 Å². The number of benzene rings is 1. The molecule has 8 nitrogen and oxygen atoms in total. The Morgan fingerprint density at radius 1 is 1.29 bits per heavy atom. The summed E-state index contributed by atoms with van der Waals surface area (Å²) in [5.41, 5.74) is 0.637. The summed E-state index contributed by atoms with van der Waals surface area (Å²) in [5, 5.41) is 0.300. The highest BCUT2D eigenvalue weighted by molar-refractivity contribution is 8.16. The minimum atomic E-state index is -3.15. The Bertz CT molecular complexity index is 911. The van der Waals surface area contributed by atoms with Crippen molar-refractivity contribution in [3.63, 3.8) is 0 Å². The van der Waals surface area contributed by atoms with Crippen LogP contribution in [0.3, 0.4) is 0 Å². The number of carbonyl (C=O) groups excluding carboxylic acids is 1. The number of anilines is 1.